The van der Waals surface area contributed by atoms with E-state index in [0.29, 0.717) is 16.7 Å². The first-order valence-corrected chi connectivity index (χ1v) is 6.42. The van der Waals surface area contributed by atoms with Crippen molar-refractivity contribution in [3.05, 3.63) is 59.2 Å². The van der Waals surface area contributed by atoms with Crippen LogP contribution in [-0.2, 0) is 0 Å². The number of ether oxygens (including phenoxy) is 1. The molecule has 0 saturated heterocycles. The van der Waals surface area contributed by atoms with Crippen molar-refractivity contribution in [3.8, 4) is 23.7 Å². The minimum absolute atomic E-state index is 0.112. The Morgan fingerprint density at radius 2 is 1.81 bits per heavy atom. The Hall–Kier alpha value is -2.85. The van der Waals surface area contributed by atoms with Gasteiger partial charge in [-0.2, -0.15) is 5.26 Å². The Morgan fingerprint density at radius 1 is 1.10 bits per heavy atom. The molecular weight excluding hydrogens is 267 g/mol. The lowest BCUT2D eigenvalue weighted by molar-refractivity contribution is 0.231. The van der Waals surface area contributed by atoms with E-state index in [-0.39, 0.29) is 11.9 Å². The van der Waals surface area contributed by atoms with Gasteiger partial charge in [-0.3, -0.25) is 4.98 Å². The Kier molecular flexibility index (Phi) is 4.53. The first-order chi connectivity index (χ1) is 10.1. The highest BCUT2D eigenvalue weighted by molar-refractivity contribution is 5.46. The van der Waals surface area contributed by atoms with Crippen molar-refractivity contribution in [1.82, 2.24) is 4.98 Å². The second-order valence-corrected chi connectivity index (χ2v) is 4.64. The van der Waals surface area contributed by atoms with Gasteiger partial charge in [-0.1, -0.05) is 11.8 Å². The van der Waals surface area contributed by atoms with Crippen LogP contribution in [-0.4, -0.2) is 11.1 Å². The Morgan fingerprint density at radius 3 is 2.52 bits per heavy atom. The van der Waals surface area contributed by atoms with Gasteiger partial charge in [0, 0.05) is 23.5 Å². The van der Waals surface area contributed by atoms with Crippen molar-refractivity contribution in [2.24, 2.45) is 0 Å². The highest BCUT2D eigenvalue weighted by Gasteiger charge is 2.05. The maximum Gasteiger partial charge on any atom is 0.165 e. The quantitative estimate of drug-likeness (QED) is 0.793. The normalized spacial score (nSPS) is 9.67. The fraction of sp³-hybridized carbons (Fsp3) is 0.176. The lowest BCUT2D eigenvalue weighted by atomic mass is 10.1. The summed E-state index contributed by atoms with van der Waals surface area (Å²) in [5.41, 5.74) is 1.71. The lowest BCUT2D eigenvalue weighted by Gasteiger charge is -2.10. The van der Waals surface area contributed by atoms with E-state index in [1.807, 2.05) is 19.9 Å². The average molecular weight is 280 g/mol. The summed E-state index contributed by atoms with van der Waals surface area (Å²) in [6.45, 7) is 3.66. The van der Waals surface area contributed by atoms with E-state index in [4.69, 9.17) is 10.00 Å². The second-order valence-electron chi connectivity index (χ2n) is 4.64. The molecule has 0 unspecified atom stereocenters. The standard InChI is InChI=1S/C17H13FN2O/c1-12(2)21-17-8-13(5-6-16(17)18)3-4-14-7-15(9-19)11-20-10-14/h5-8,10-12H,1-2H3. The Labute approximate surface area is 123 Å². The number of benzene rings is 1. The fourth-order valence-corrected chi connectivity index (χ4v) is 1.64. The van der Waals surface area contributed by atoms with Crippen LogP contribution in [0.4, 0.5) is 4.39 Å². The first-order valence-electron chi connectivity index (χ1n) is 6.42. The number of halogens is 1. The third kappa shape index (κ3) is 4.06. The molecule has 0 spiro atoms. The van der Waals surface area contributed by atoms with Crippen molar-refractivity contribution in [2.75, 3.05) is 0 Å². The predicted octanol–water partition coefficient (Wildman–Crippen LogP) is 3.28. The minimum atomic E-state index is -0.414. The molecule has 0 amide bonds. The van der Waals surface area contributed by atoms with Gasteiger partial charge in [-0.15, -0.1) is 0 Å². The molecular formula is C17H13FN2O. The van der Waals surface area contributed by atoms with E-state index < -0.39 is 5.82 Å². The van der Waals surface area contributed by atoms with Crippen LogP contribution < -0.4 is 4.74 Å². The molecule has 1 aromatic carbocycles. The molecule has 0 aliphatic carbocycles. The number of aromatic nitrogens is 1. The van der Waals surface area contributed by atoms with Crippen LogP contribution in [0.15, 0.2) is 36.7 Å². The summed E-state index contributed by atoms with van der Waals surface area (Å²) in [5.74, 6) is 5.57. The van der Waals surface area contributed by atoms with Crippen molar-refractivity contribution in [2.45, 2.75) is 20.0 Å². The van der Waals surface area contributed by atoms with Crippen molar-refractivity contribution >= 4 is 0 Å². The minimum Gasteiger partial charge on any atom is -0.488 e. The Balaban J connectivity index is 2.28. The number of nitriles is 1. The average Bonchev–Trinajstić information content (AvgIpc) is 2.48. The van der Waals surface area contributed by atoms with E-state index in [1.54, 1.807) is 24.4 Å². The van der Waals surface area contributed by atoms with Gasteiger partial charge in [0.15, 0.2) is 11.6 Å². The second kappa shape index (κ2) is 6.54. The monoisotopic (exact) mass is 280 g/mol. The molecule has 2 rings (SSSR count). The number of hydrogen-bond donors (Lipinski definition) is 0. The number of rotatable bonds is 2. The summed E-state index contributed by atoms with van der Waals surface area (Å²) in [6, 6.07) is 8.12. The molecule has 0 bridgehead atoms. The van der Waals surface area contributed by atoms with E-state index in [2.05, 4.69) is 16.8 Å². The number of nitrogens with zero attached hydrogens (tertiary/aromatic N) is 2. The van der Waals surface area contributed by atoms with Crippen molar-refractivity contribution in [1.29, 1.82) is 5.26 Å². The topological polar surface area (TPSA) is 45.9 Å². The molecule has 104 valence electrons. The molecule has 0 atom stereocenters. The van der Waals surface area contributed by atoms with Crippen LogP contribution in [0.3, 0.4) is 0 Å². The lowest BCUT2D eigenvalue weighted by Crippen LogP contribution is -2.07. The van der Waals surface area contributed by atoms with Crippen LogP contribution in [0.1, 0.15) is 30.5 Å². The zero-order chi connectivity index (χ0) is 15.2. The molecule has 0 aliphatic heterocycles. The summed E-state index contributed by atoms with van der Waals surface area (Å²) in [5, 5.41) is 8.80. The van der Waals surface area contributed by atoms with E-state index in [1.165, 1.54) is 12.3 Å². The predicted molar refractivity (Wildman–Crippen MR) is 77.1 cm³/mol. The zero-order valence-electron chi connectivity index (χ0n) is 11.7. The van der Waals surface area contributed by atoms with Crippen LogP contribution in [0.5, 0.6) is 5.75 Å². The molecule has 1 heterocycles. The van der Waals surface area contributed by atoms with Gasteiger partial charge in [0.1, 0.15) is 6.07 Å². The Bertz CT molecular complexity index is 751. The summed E-state index contributed by atoms with van der Waals surface area (Å²) in [4.78, 5) is 3.93. The largest absolute Gasteiger partial charge is 0.488 e. The van der Waals surface area contributed by atoms with Gasteiger partial charge in [0.25, 0.3) is 0 Å². The van der Waals surface area contributed by atoms with Gasteiger partial charge >= 0.3 is 0 Å². The highest BCUT2D eigenvalue weighted by atomic mass is 19.1. The van der Waals surface area contributed by atoms with Gasteiger partial charge in [-0.05, 0) is 38.1 Å². The summed E-state index contributed by atoms with van der Waals surface area (Å²) < 4.78 is 18.9. The third-order valence-corrected chi connectivity index (χ3v) is 2.51. The molecule has 21 heavy (non-hydrogen) atoms. The van der Waals surface area contributed by atoms with Crippen molar-refractivity contribution < 1.29 is 9.13 Å². The summed E-state index contributed by atoms with van der Waals surface area (Å²) in [7, 11) is 0. The maximum atomic E-state index is 13.6. The molecule has 4 heteroatoms. The van der Waals surface area contributed by atoms with Crippen LogP contribution in [0.25, 0.3) is 0 Å². The maximum absolute atomic E-state index is 13.6. The van der Waals surface area contributed by atoms with E-state index in [0.717, 1.165) is 0 Å². The molecule has 0 aliphatic rings. The molecule has 0 fully saturated rings. The van der Waals surface area contributed by atoms with E-state index >= 15 is 0 Å². The molecule has 3 nitrogen and oxygen atoms in total. The molecule has 0 saturated carbocycles. The zero-order valence-corrected chi connectivity index (χ0v) is 11.7. The molecule has 0 radical (unpaired) electrons. The van der Waals surface area contributed by atoms with E-state index in [9.17, 15) is 4.39 Å². The number of hydrogen-bond acceptors (Lipinski definition) is 3. The summed E-state index contributed by atoms with van der Waals surface area (Å²) in [6.07, 6.45) is 2.93. The molecule has 1 aromatic heterocycles. The smallest absolute Gasteiger partial charge is 0.165 e. The molecule has 0 N–H and O–H groups in total. The first kappa shape index (κ1) is 14.6. The van der Waals surface area contributed by atoms with Crippen LogP contribution in [0.2, 0.25) is 0 Å². The highest BCUT2D eigenvalue weighted by Crippen LogP contribution is 2.19. The SMILES string of the molecule is CC(C)Oc1cc(C#Cc2cncc(C#N)c2)ccc1F. The molecule has 2 aromatic rings. The fourth-order valence-electron chi connectivity index (χ4n) is 1.64. The number of pyridine rings is 1. The van der Waals surface area contributed by atoms with Gasteiger partial charge in [-0.25, -0.2) is 4.39 Å². The van der Waals surface area contributed by atoms with Crippen LogP contribution in [0, 0.1) is 29.0 Å². The van der Waals surface area contributed by atoms with Gasteiger partial charge in [0.05, 0.1) is 11.7 Å². The third-order valence-electron chi connectivity index (χ3n) is 2.51. The van der Waals surface area contributed by atoms with Gasteiger partial charge in [0.2, 0.25) is 0 Å². The van der Waals surface area contributed by atoms with Gasteiger partial charge < -0.3 is 4.74 Å². The summed E-state index contributed by atoms with van der Waals surface area (Å²) >= 11 is 0. The van der Waals surface area contributed by atoms with Crippen molar-refractivity contribution in [3.63, 3.8) is 0 Å². The van der Waals surface area contributed by atoms with Crippen LogP contribution >= 0.6 is 0 Å².